The van der Waals surface area contributed by atoms with Gasteiger partial charge < -0.3 is 56.2 Å². The van der Waals surface area contributed by atoms with Crippen LogP contribution < -0.4 is 46.2 Å². The molecule has 0 spiro atoms. The maximum Gasteiger partial charge on any atom is 0.257 e. The van der Waals surface area contributed by atoms with Crippen LogP contribution in [0.1, 0.15) is 71.1 Å². The molecule has 4 fully saturated rings. The van der Waals surface area contributed by atoms with E-state index in [0.717, 1.165) is 118 Å². The second kappa shape index (κ2) is 42.6. The molecule has 4 aliphatic heterocycles. The van der Waals surface area contributed by atoms with Crippen LogP contribution in [-0.4, -0.2) is 208 Å². The Hall–Kier alpha value is -12.0. The van der Waals surface area contributed by atoms with Gasteiger partial charge in [0, 0.05) is 172 Å². The number of nitrogens with one attached hydrogen (secondary N) is 5. The van der Waals surface area contributed by atoms with Gasteiger partial charge in [-0.15, -0.1) is 0 Å². The molecule has 16 rings (SSSR count). The lowest BCUT2D eigenvalue weighted by Crippen LogP contribution is -2.49. The van der Waals surface area contributed by atoms with Crippen molar-refractivity contribution in [3.63, 3.8) is 0 Å². The van der Waals surface area contributed by atoms with E-state index in [0.29, 0.717) is 141 Å². The van der Waals surface area contributed by atoms with Crippen molar-refractivity contribution in [1.29, 1.82) is 0 Å². The number of halogens is 4. The number of nitrogens with zero attached hydrogens (tertiary/aromatic N) is 14. The number of pyridine rings is 8. The standard InChI is InChI=1S/C24H24ClN5O3.C23H24ClN5O3S.C23H24ClN5O.C22H21ClN4OS/c1-16-18(6-8-22(27-16)29-10-12-30(13-11-29)23(32)15-31)24(33)28-17-5-7-20(25)19(14-17)21-4-2-3-9-26-21;1-16-18(7-9-22(26-16)28-11-13-29(14-12-28)33(2,31)32)23(30)27-17-6-8-20(24)19(15-17)21-5-3-4-10-25-21;1-15-14-29(12-11-25-15)22-9-7-18(16(2)27-22)23(30)28-17-6-8-20(24)19(13-17)21-5-3-4-10-26-21;1-15-17(6-8-21(25-15)27-10-12-29-13-11-27)22(28)26-16-5-7-19(23)18(14-16)20-4-2-3-9-24-20/h2-9,14,31H,10-13,15H2,1H3,(H,28,33);3-10,15H,11-14H2,1-2H3,(H,27,30);3-10,13,15,25H,11-12,14H2,1-2H3,(H,28,30);2-9,14H,10-13H2,1H3,(H,26,28). The van der Waals surface area contributed by atoms with Crippen molar-refractivity contribution in [1.82, 2.24) is 54.4 Å². The molecular formula is C92H93Cl4N19O8S2. The number of hydrogen-bond acceptors (Lipinski definition) is 22. The number of hydrogen-bond donors (Lipinski definition) is 6. The molecule has 6 N–H and O–H groups in total. The molecule has 33 heteroatoms. The summed E-state index contributed by atoms with van der Waals surface area (Å²) in [5, 5.41) is 26.4. The Labute approximate surface area is 750 Å². The van der Waals surface area contributed by atoms with Crippen LogP contribution in [0.5, 0.6) is 0 Å². The monoisotopic (exact) mass is 1800 g/mol. The molecule has 8 aromatic heterocycles. The predicted molar refractivity (Wildman–Crippen MR) is 500 cm³/mol. The van der Waals surface area contributed by atoms with Gasteiger partial charge in [-0.2, -0.15) is 16.1 Å². The zero-order valence-electron chi connectivity index (χ0n) is 69.6. The average molecular weight is 1800 g/mol. The maximum absolute atomic E-state index is 12.9. The molecular weight excluding hydrogens is 1710 g/mol. The van der Waals surface area contributed by atoms with Crippen molar-refractivity contribution in [2.45, 2.75) is 40.7 Å². The summed E-state index contributed by atoms with van der Waals surface area (Å²) >= 11 is 27.3. The smallest absolute Gasteiger partial charge is 0.257 e. The minimum atomic E-state index is -3.19. The van der Waals surface area contributed by atoms with E-state index in [1.165, 1.54) is 10.6 Å². The number of anilines is 8. The number of aryl methyl sites for hydroxylation is 4. The van der Waals surface area contributed by atoms with Crippen LogP contribution in [0.2, 0.25) is 20.1 Å². The van der Waals surface area contributed by atoms with Crippen LogP contribution in [0.3, 0.4) is 0 Å². The highest BCUT2D eigenvalue weighted by atomic mass is 35.5. The van der Waals surface area contributed by atoms with Gasteiger partial charge in [0.2, 0.25) is 15.9 Å². The molecule has 0 aliphatic carbocycles. The third-order valence-electron chi connectivity index (χ3n) is 21.1. The maximum atomic E-state index is 12.9. The van der Waals surface area contributed by atoms with Gasteiger partial charge in [0.1, 0.15) is 29.9 Å². The number of rotatable bonds is 18. The lowest BCUT2D eigenvalue weighted by molar-refractivity contribution is -0.134. The van der Waals surface area contributed by atoms with Gasteiger partial charge in [0.15, 0.2) is 0 Å². The number of aromatic nitrogens is 8. The molecule has 4 aromatic carbocycles. The molecule has 0 radical (unpaired) electrons. The fraction of sp³-hybridized carbons (Fsp3) is 0.250. The second-order valence-electron chi connectivity index (χ2n) is 29.7. The molecule has 125 heavy (non-hydrogen) atoms. The van der Waals surface area contributed by atoms with E-state index in [1.54, 1.807) is 122 Å². The zero-order valence-corrected chi connectivity index (χ0v) is 74.2. The quantitative estimate of drug-likeness (QED) is 0.0465. The molecule has 12 aromatic rings. The molecule has 4 saturated heterocycles. The number of aliphatic hydroxyl groups excluding tert-OH is 1. The number of aliphatic hydroxyl groups is 1. The van der Waals surface area contributed by atoms with Crippen LogP contribution in [0.15, 0.2) is 219 Å². The van der Waals surface area contributed by atoms with Crippen molar-refractivity contribution in [3.05, 3.63) is 284 Å². The van der Waals surface area contributed by atoms with Gasteiger partial charge in [-0.25, -0.2) is 28.4 Å². The predicted octanol–water partition coefficient (Wildman–Crippen LogP) is 15.5. The molecule has 27 nitrogen and oxygen atoms in total. The topological polar surface area (TPSA) is 322 Å². The zero-order chi connectivity index (χ0) is 88.3. The first kappa shape index (κ1) is 90.7. The van der Waals surface area contributed by atoms with Crippen molar-refractivity contribution < 1.29 is 37.5 Å². The third-order valence-corrected chi connectivity index (χ3v) is 24.6. The fourth-order valence-electron chi connectivity index (χ4n) is 14.4. The molecule has 1 atom stereocenters. The first-order chi connectivity index (χ1) is 60.3. The Morgan fingerprint density at radius 2 is 0.712 bits per heavy atom. The van der Waals surface area contributed by atoms with Crippen LogP contribution in [0.25, 0.3) is 45.0 Å². The number of amides is 5. The van der Waals surface area contributed by atoms with E-state index >= 15 is 0 Å². The summed E-state index contributed by atoms with van der Waals surface area (Å²) in [4.78, 5) is 109. The van der Waals surface area contributed by atoms with E-state index < -0.39 is 16.6 Å². The summed E-state index contributed by atoms with van der Waals surface area (Å²) in [7, 11) is -3.19. The van der Waals surface area contributed by atoms with E-state index in [9.17, 15) is 32.4 Å². The largest absolute Gasteiger partial charge is 0.387 e. The first-order valence-corrected chi connectivity index (χ1v) is 45.0. The lowest BCUT2D eigenvalue weighted by Gasteiger charge is -2.35. The third kappa shape index (κ3) is 23.9. The summed E-state index contributed by atoms with van der Waals surface area (Å²) in [5.74, 6) is 4.34. The van der Waals surface area contributed by atoms with Gasteiger partial charge in [0.25, 0.3) is 23.6 Å². The van der Waals surface area contributed by atoms with E-state index in [1.807, 2.05) is 146 Å². The Balaban J connectivity index is 0.000000143. The normalized spacial score (nSPS) is 14.7. The summed E-state index contributed by atoms with van der Waals surface area (Å²) in [6.45, 7) is 17.9. The minimum Gasteiger partial charge on any atom is -0.387 e. The van der Waals surface area contributed by atoms with Crippen LogP contribution in [-0.2, 0) is 14.8 Å². The van der Waals surface area contributed by atoms with E-state index in [2.05, 4.69) is 88.1 Å². The molecule has 1 unspecified atom stereocenters. The van der Waals surface area contributed by atoms with E-state index in [-0.39, 0.29) is 29.5 Å². The number of benzene rings is 4. The SMILES string of the molecule is Cc1nc(N2CCN(C(=O)CO)CC2)ccc1C(=O)Nc1ccc(Cl)c(-c2ccccn2)c1.Cc1nc(N2CCN(S(C)(=O)=O)CC2)ccc1C(=O)Nc1ccc(Cl)c(-c2ccccn2)c1.Cc1nc(N2CCNC(C)C2)ccc1C(=O)Nc1ccc(Cl)c(-c2ccccn2)c1.Cc1nc(N2CCSCC2)ccc1C(=O)Nc1ccc(Cl)c(-c2ccccn2)c1. The van der Waals surface area contributed by atoms with Crippen LogP contribution in [0, 0.1) is 27.7 Å². The van der Waals surface area contributed by atoms with Gasteiger partial charge in [-0.1, -0.05) is 70.7 Å². The van der Waals surface area contributed by atoms with Crippen molar-refractivity contribution >= 4 is 144 Å². The lowest BCUT2D eigenvalue weighted by atomic mass is 10.1. The number of carbonyl (C=O) groups is 5. The molecule has 0 saturated carbocycles. The molecule has 12 heterocycles. The van der Waals surface area contributed by atoms with Crippen LogP contribution >= 0.6 is 58.2 Å². The number of thioether (sulfide) groups is 1. The highest BCUT2D eigenvalue weighted by Gasteiger charge is 2.28. The van der Waals surface area contributed by atoms with E-state index in [4.69, 9.17) is 51.5 Å². The summed E-state index contributed by atoms with van der Waals surface area (Å²) in [6, 6.07) is 58.8. The van der Waals surface area contributed by atoms with Gasteiger partial charge >= 0.3 is 0 Å². The summed E-state index contributed by atoms with van der Waals surface area (Å²) in [5.41, 5.74) is 13.2. The Kier molecular flexibility index (Phi) is 30.9. The average Bonchev–Trinajstić information content (AvgIpc) is 0.821. The Morgan fingerprint density at radius 3 is 0.992 bits per heavy atom. The van der Waals surface area contributed by atoms with Crippen molar-refractivity contribution in [3.8, 4) is 45.0 Å². The van der Waals surface area contributed by atoms with Crippen molar-refractivity contribution in [2.75, 3.05) is 150 Å². The first-order valence-electron chi connectivity index (χ1n) is 40.5. The molecule has 5 amide bonds. The van der Waals surface area contributed by atoms with Gasteiger partial charge in [0.05, 0.1) is 94.2 Å². The highest BCUT2D eigenvalue weighted by molar-refractivity contribution is 7.99. The molecule has 0 bridgehead atoms. The van der Waals surface area contributed by atoms with Crippen molar-refractivity contribution in [2.24, 2.45) is 0 Å². The number of carbonyl (C=O) groups excluding carboxylic acids is 5. The minimum absolute atomic E-state index is 0.190. The Morgan fingerprint density at radius 1 is 0.408 bits per heavy atom. The van der Waals surface area contributed by atoms with Gasteiger partial charge in [-0.05, 0) is 204 Å². The molecule has 644 valence electrons. The van der Waals surface area contributed by atoms with Crippen LogP contribution in [0.4, 0.5) is 46.0 Å². The fourth-order valence-corrected chi connectivity index (χ4v) is 17.0. The Bertz CT molecular complexity index is 5960. The molecule has 4 aliphatic rings. The highest BCUT2D eigenvalue weighted by Crippen LogP contribution is 2.35. The number of sulfonamides is 1. The summed E-state index contributed by atoms with van der Waals surface area (Å²) in [6.07, 6.45) is 8.03. The second-order valence-corrected chi connectivity index (χ2v) is 34.6. The van der Waals surface area contributed by atoms with Gasteiger partial charge in [-0.3, -0.25) is 43.9 Å². The summed E-state index contributed by atoms with van der Waals surface area (Å²) < 4.78 is 24.9. The number of piperazine rings is 3.